The van der Waals surface area contributed by atoms with E-state index in [4.69, 9.17) is 17.0 Å². The third-order valence-electron chi connectivity index (χ3n) is 4.80. The molecule has 3 rings (SSSR count). The molecule has 0 bridgehead atoms. The van der Waals surface area contributed by atoms with Gasteiger partial charge in [0.05, 0.1) is 17.3 Å². The maximum atomic E-state index is 12.8. The lowest BCUT2D eigenvalue weighted by atomic mass is 10.1. The molecule has 0 atom stereocenters. The van der Waals surface area contributed by atoms with Gasteiger partial charge >= 0.3 is 0 Å². The molecule has 0 fully saturated rings. The number of rotatable bonds is 8. The van der Waals surface area contributed by atoms with Gasteiger partial charge in [0.2, 0.25) is 5.91 Å². The Hall–Kier alpha value is -3.49. The molecule has 0 saturated heterocycles. The van der Waals surface area contributed by atoms with E-state index in [9.17, 15) is 13.2 Å². The van der Waals surface area contributed by atoms with E-state index in [0.717, 1.165) is 11.1 Å². The first-order valence-corrected chi connectivity index (χ1v) is 12.7. The number of hydrogen-bond acceptors (Lipinski definition) is 5. The van der Waals surface area contributed by atoms with Crippen LogP contribution in [0.15, 0.2) is 83.8 Å². The van der Waals surface area contributed by atoms with E-state index in [1.165, 1.54) is 18.2 Å². The van der Waals surface area contributed by atoms with Crippen LogP contribution in [-0.2, 0) is 20.4 Å². The van der Waals surface area contributed by atoms with Crippen LogP contribution in [0.25, 0.3) is 6.08 Å². The number of thiocarbonyl (C=S) groups is 1. The van der Waals surface area contributed by atoms with E-state index >= 15 is 0 Å². The molecule has 3 aromatic carbocycles. The van der Waals surface area contributed by atoms with E-state index in [1.807, 2.05) is 38.1 Å². The van der Waals surface area contributed by atoms with Gasteiger partial charge in [0.25, 0.3) is 0 Å². The Morgan fingerprint density at radius 3 is 2.24 bits per heavy atom. The molecule has 34 heavy (non-hydrogen) atoms. The fourth-order valence-electron chi connectivity index (χ4n) is 3.06. The Morgan fingerprint density at radius 1 is 0.971 bits per heavy atom. The van der Waals surface area contributed by atoms with Crippen LogP contribution in [0.5, 0.6) is 5.75 Å². The summed E-state index contributed by atoms with van der Waals surface area (Å²) in [7, 11) is -3.52. The van der Waals surface area contributed by atoms with Crippen LogP contribution in [0.4, 0.5) is 5.69 Å². The van der Waals surface area contributed by atoms with Gasteiger partial charge < -0.3 is 10.1 Å². The standard InChI is InChI=1S/C26H26N2O4S2/c1-3-32-23-13-8-21(9-14-23)18-34(30,31)24-15-11-22(12-16-24)27-26(33)28-25(29)17-10-20-6-4-19(2)5-7-20/h4-17H,3,18H2,1-2H3,(H2,27,28,29,33)/b17-10+. The molecule has 0 aliphatic heterocycles. The van der Waals surface area contributed by atoms with Gasteiger partial charge in [-0.3, -0.25) is 10.1 Å². The van der Waals surface area contributed by atoms with Crippen LogP contribution in [0, 0.1) is 6.92 Å². The number of amides is 1. The quantitative estimate of drug-likeness (QED) is 0.343. The smallest absolute Gasteiger partial charge is 0.250 e. The predicted octanol–water partition coefficient (Wildman–Crippen LogP) is 4.89. The third-order valence-corrected chi connectivity index (χ3v) is 6.71. The van der Waals surface area contributed by atoms with E-state index in [1.54, 1.807) is 42.5 Å². The lowest BCUT2D eigenvalue weighted by Crippen LogP contribution is -2.32. The van der Waals surface area contributed by atoms with Crippen LogP contribution >= 0.6 is 12.2 Å². The van der Waals surface area contributed by atoms with Crippen LogP contribution in [-0.4, -0.2) is 26.0 Å². The molecule has 0 aliphatic rings. The third kappa shape index (κ3) is 7.54. The molecule has 0 radical (unpaired) electrons. The number of sulfone groups is 1. The number of carbonyl (C=O) groups excluding carboxylic acids is 1. The summed E-state index contributed by atoms with van der Waals surface area (Å²) in [5.74, 6) is 0.217. The highest BCUT2D eigenvalue weighted by atomic mass is 32.2. The summed E-state index contributed by atoms with van der Waals surface area (Å²) in [5.41, 5.74) is 3.28. The second kappa shape index (κ2) is 11.6. The highest BCUT2D eigenvalue weighted by molar-refractivity contribution is 7.90. The minimum atomic E-state index is -3.52. The van der Waals surface area contributed by atoms with Crippen molar-refractivity contribution in [1.82, 2.24) is 5.32 Å². The van der Waals surface area contributed by atoms with Gasteiger partial charge in [-0.05, 0) is 79.7 Å². The Morgan fingerprint density at radius 2 is 1.62 bits per heavy atom. The van der Waals surface area contributed by atoms with E-state index in [2.05, 4.69) is 10.6 Å². The number of hydrogen-bond donors (Lipinski definition) is 2. The van der Waals surface area contributed by atoms with Gasteiger partial charge in [-0.2, -0.15) is 0 Å². The molecular formula is C26H26N2O4S2. The first-order valence-electron chi connectivity index (χ1n) is 10.7. The van der Waals surface area contributed by atoms with Crippen molar-refractivity contribution in [2.45, 2.75) is 24.5 Å². The molecule has 6 nitrogen and oxygen atoms in total. The molecule has 176 valence electrons. The first-order chi connectivity index (χ1) is 16.2. The monoisotopic (exact) mass is 494 g/mol. The zero-order chi connectivity index (χ0) is 24.6. The summed E-state index contributed by atoms with van der Waals surface area (Å²) in [6, 6.07) is 21.0. The highest BCUT2D eigenvalue weighted by Gasteiger charge is 2.15. The summed E-state index contributed by atoms with van der Waals surface area (Å²) in [6.45, 7) is 4.44. The SMILES string of the molecule is CCOc1ccc(CS(=O)(=O)c2ccc(NC(=S)NC(=O)/C=C/c3ccc(C)cc3)cc2)cc1. The van der Waals surface area contributed by atoms with E-state index in [0.29, 0.717) is 23.6 Å². The van der Waals surface area contributed by atoms with Crippen molar-refractivity contribution in [2.75, 3.05) is 11.9 Å². The lowest BCUT2D eigenvalue weighted by molar-refractivity contribution is -0.115. The second-order valence-corrected chi connectivity index (χ2v) is 9.95. The maximum absolute atomic E-state index is 12.8. The molecule has 0 spiro atoms. The van der Waals surface area contributed by atoms with Crippen molar-refractivity contribution in [3.8, 4) is 5.75 Å². The van der Waals surface area contributed by atoms with Crippen LogP contribution < -0.4 is 15.4 Å². The summed E-state index contributed by atoms with van der Waals surface area (Å²) in [5, 5.41) is 5.56. The van der Waals surface area contributed by atoms with Crippen molar-refractivity contribution >= 4 is 44.8 Å². The molecule has 8 heteroatoms. The zero-order valence-corrected chi connectivity index (χ0v) is 20.6. The molecule has 0 heterocycles. The normalized spacial score (nSPS) is 11.2. The van der Waals surface area contributed by atoms with Crippen molar-refractivity contribution in [1.29, 1.82) is 0 Å². The van der Waals surface area contributed by atoms with E-state index < -0.39 is 9.84 Å². The van der Waals surface area contributed by atoms with Gasteiger partial charge in [-0.25, -0.2) is 8.42 Å². The number of anilines is 1. The summed E-state index contributed by atoms with van der Waals surface area (Å²) in [4.78, 5) is 12.3. The molecule has 1 amide bonds. The molecule has 0 aliphatic carbocycles. The van der Waals surface area contributed by atoms with Crippen molar-refractivity contribution in [2.24, 2.45) is 0 Å². The van der Waals surface area contributed by atoms with Crippen LogP contribution in [0.2, 0.25) is 0 Å². The Balaban J connectivity index is 1.55. The van der Waals surface area contributed by atoms with Gasteiger partial charge in [0.1, 0.15) is 5.75 Å². The molecule has 3 aromatic rings. The largest absolute Gasteiger partial charge is 0.494 e. The van der Waals surface area contributed by atoms with Crippen molar-refractivity contribution in [3.63, 3.8) is 0 Å². The fraction of sp³-hybridized carbons (Fsp3) is 0.154. The summed E-state index contributed by atoms with van der Waals surface area (Å²) in [6.07, 6.45) is 3.09. The lowest BCUT2D eigenvalue weighted by Gasteiger charge is -2.10. The Kier molecular flexibility index (Phi) is 8.56. The zero-order valence-electron chi connectivity index (χ0n) is 18.9. The molecule has 0 saturated carbocycles. The minimum Gasteiger partial charge on any atom is -0.494 e. The Labute approximate surface area is 205 Å². The van der Waals surface area contributed by atoms with Crippen LogP contribution in [0.1, 0.15) is 23.6 Å². The molecule has 0 unspecified atom stereocenters. The predicted molar refractivity (Wildman–Crippen MR) is 140 cm³/mol. The van der Waals surface area contributed by atoms with Gasteiger partial charge in [-0.1, -0.05) is 42.0 Å². The Bertz CT molecular complexity index is 1270. The highest BCUT2D eigenvalue weighted by Crippen LogP contribution is 2.20. The second-order valence-electron chi connectivity index (χ2n) is 7.55. The van der Waals surface area contributed by atoms with Crippen LogP contribution in [0.3, 0.4) is 0 Å². The molecular weight excluding hydrogens is 468 g/mol. The van der Waals surface area contributed by atoms with Gasteiger partial charge in [-0.15, -0.1) is 0 Å². The topological polar surface area (TPSA) is 84.5 Å². The van der Waals surface area contributed by atoms with Gasteiger partial charge in [0, 0.05) is 11.8 Å². The number of ether oxygens (including phenoxy) is 1. The minimum absolute atomic E-state index is 0.114. The molecule has 2 N–H and O–H groups in total. The summed E-state index contributed by atoms with van der Waals surface area (Å²) < 4.78 is 30.9. The maximum Gasteiger partial charge on any atom is 0.250 e. The van der Waals surface area contributed by atoms with Crippen molar-refractivity contribution in [3.05, 3.63) is 95.6 Å². The van der Waals surface area contributed by atoms with E-state index in [-0.39, 0.29) is 21.7 Å². The fourth-order valence-corrected chi connectivity index (χ4v) is 4.63. The average Bonchev–Trinajstić information content (AvgIpc) is 2.80. The number of nitrogens with one attached hydrogen (secondary N) is 2. The number of benzene rings is 3. The van der Waals surface area contributed by atoms with Crippen molar-refractivity contribution < 1.29 is 17.9 Å². The first kappa shape index (κ1) is 25.1. The molecule has 0 aromatic heterocycles. The average molecular weight is 495 g/mol. The number of carbonyl (C=O) groups is 1. The number of aryl methyl sites for hydroxylation is 1. The summed E-state index contributed by atoms with van der Waals surface area (Å²) >= 11 is 5.18. The van der Waals surface area contributed by atoms with Gasteiger partial charge in [0.15, 0.2) is 14.9 Å².